The smallest absolute Gasteiger partial charge is 0.302 e. The van der Waals surface area contributed by atoms with E-state index < -0.39 is 5.60 Å². The zero-order valence-corrected chi connectivity index (χ0v) is 21.1. The first-order chi connectivity index (χ1) is 15.0. The normalized spacial score (nSPS) is 42.1. The lowest BCUT2D eigenvalue weighted by molar-refractivity contribution is -0.163. The largest absolute Gasteiger partial charge is 0.462 e. The highest BCUT2D eigenvalue weighted by Gasteiger charge is 2.60. The number of ether oxygens (including phenoxy) is 1. The number of rotatable bonds is 5. The van der Waals surface area contributed by atoms with Crippen molar-refractivity contribution in [3.05, 3.63) is 35.5 Å². The van der Waals surface area contributed by atoms with Gasteiger partial charge in [-0.3, -0.25) is 4.79 Å². The van der Waals surface area contributed by atoms with Gasteiger partial charge < -0.3 is 9.84 Å². The Morgan fingerprint density at radius 3 is 2.62 bits per heavy atom. The SMILES string of the molecule is CC(=O)O[C@@H]1CC[C@]2(C)C3=CC[C@]4(C)[C@@H](CC[C@H]4[C@H](C)/C=C/CC(C)C)C3=CC[C@@]2(O)C1. The van der Waals surface area contributed by atoms with Gasteiger partial charge in [-0.2, -0.15) is 0 Å². The highest BCUT2D eigenvalue weighted by atomic mass is 16.5. The highest BCUT2D eigenvalue weighted by Crippen LogP contribution is 2.65. The molecule has 0 bridgehead atoms. The lowest BCUT2D eigenvalue weighted by atomic mass is 9.50. The van der Waals surface area contributed by atoms with Crippen LogP contribution in [-0.2, 0) is 9.53 Å². The van der Waals surface area contributed by atoms with E-state index in [1.807, 2.05) is 0 Å². The van der Waals surface area contributed by atoms with E-state index in [0.717, 1.165) is 25.7 Å². The second-order valence-electron chi connectivity index (χ2n) is 12.2. The van der Waals surface area contributed by atoms with Crippen LogP contribution in [0.2, 0.25) is 0 Å². The molecule has 2 fully saturated rings. The number of fused-ring (bicyclic) bond motifs is 5. The van der Waals surface area contributed by atoms with E-state index >= 15 is 0 Å². The summed E-state index contributed by atoms with van der Waals surface area (Å²) in [5, 5.41) is 11.8. The molecule has 0 aromatic carbocycles. The summed E-state index contributed by atoms with van der Waals surface area (Å²) >= 11 is 0. The molecule has 0 unspecified atom stereocenters. The van der Waals surface area contributed by atoms with Crippen molar-refractivity contribution in [2.75, 3.05) is 0 Å². The summed E-state index contributed by atoms with van der Waals surface area (Å²) < 4.78 is 5.51. The number of carbonyl (C=O) groups excluding carboxylic acids is 1. The van der Waals surface area contributed by atoms with Crippen molar-refractivity contribution in [3.8, 4) is 0 Å². The van der Waals surface area contributed by atoms with E-state index in [1.165, 1.54) is 30.9 Å². The molecule has 3 heteroatoms. The topological polar surface area (TPSA) is 46.5 Å². The van der Waals surface area contributed by atoms with Crippen molar-refractivity contribution in [1.29, 1.82) is 0 Å². The number of hydrogen-bond donors (Lipinski definition) is 1. The van der Waals surface area contributed by atoms with Crippen LogP contribution in [0.4, 0.5) is 0 Å². The van der Waals surface area contributed by atoms with Gasteiger partial charge >= 0.3 is 5.97 Å². The predicted octanol–water partition coefficient (Wildman–Crippen LogP) is 6.77. The second-order valence-corrected chi connectivity index (χ2v) is 12.2. The zero-order chi connectivity index (χ0) is 23.3. The van der Waals surface area contributed by atoms with Crippen molar-refractivity contribution < 1.29 is 14.6 Å². The van der Waals surface area contributed by atoms with Crippen LogP contribution >= 0.6 is 0 Å². The van der Waals surface area contributed by atoms with E-state index in [-0.39, 0.29) is 17.5 Å². The summed E-state index contributed by atoms with van der Waals surface area (Å²) in [4.78, 5) is 11.5. The van der Waals surface area contributed by atoms with Crippen molar-refractivity contribution in [2.45, 2.75) is 105 Å². The molecule has 4 aliphatic rings. The highest BCUT2D eigenvalue weighted by molar-refractivity contribution is 5.66. The summed E-state index contributed by atoms with van der Waals surface area (Å²) in [6.45, 7) is 13.2. The van der Waals surface area contributed by atoms with E-state index in [1.54, 1.807) is 0 Å². The van der Waals surface area contributed by atoms with Crippen LogP contribution in [-0.4, -0.2) is 22.8 Å². The van der Waals surface area contributed by atoms with Gasteiger partial charge in [0.05, 0.1) is 5.60 Å². The lowest BCUT2D eigenvalue weighted by Gasteiger charge is -2.57. The van der Waals surface area contributed by atoms with Gasteiger partial charge in [0.1, 0.15) is 6.10 Å². The summed E-state index contributed by atoms with van der Waals surface area (Å²) in [6.07, 6.45) is 17.3. The Balaban J connectivity index is 1.58. The van der Waals surface area contributed by atoms with Crippen LogP contribution in [0.1, 0.15) is 92.9 Å². The third-order valence-electron chi connectivity index (χ3n) is 9.67. The molecule has 178 valence electrons. The van der Waals surface area contributed by atoms with Crippen LogP contribution in [0.3, 0.4) is 0 Å². The third kappa shape index (κ3) is 3.83. The van der Waals surface area contributed by atoms with Gasteiger partial charge in [-0.25, -0.2) is 0 Å². The van der Waals surface area contributed by atoms with Crippen LogP contribution < -0.4 is 0 Å². The molecule has 0 amide bonds. The van der Waals surface area contributed by atoms with Crippen LogP contribution in [0.5, 0.6) is 0 Å². The summed E-state index contributed by atoms with van der Waals surface area (Å²) in [5.74, 6) is 2.39. The fourth-order valence-electron chi connectivity index (χ4n) is 7.75. The quantitative estimate of drug-likeness (QED) is 0.379. The Bertz CT molecular complexity index is 835. The molecule has 0 heterocycles. The summed E-state index contributed by atoms with van der Waals surface area (Å²) in [5.41, 5.74) is 2.17. The predicted molar refractivity (Wildman–Crippen MR) is 130 cm³/mol. The second kappa shape index (κ2) is 8.46. The van der Waals surface area contributed by atoms with Gasteiger partial charge in [0, 0.05) is 18.8 Å². The van der Waals surface area contributed by atoms with E-state index in [2.05, 4.69) is 58.9 Å². The summed E-state index contributed by atoms with van der Waals surface area (Å²) in [6, 6.07) is 0. The van der Waals surface area contributed by atoms with E-state index in [4.69, 9.17) is 4.74 Å². The Hall–Kier alpha value is -1.35. The molecule has 4 rings (SSSR count). The van der Waals surface area contributed by atoms with Crippen molar-refractivity contribution >= 4 is 5.97 Å². The summed E-state index contributed by atoms with van der Waals surface area (Å²) in [7, 11) is 0. The number of allylic oxidation sites excluding steroid dienone is 4. The molecule has 0 radical (unpaired) electrons. The molecule has 3 nitrogen and oxygen atoms in total. The molecular weight excluding hydrogens is 396 g/mol. The van der Waals surface area contributed by atoms with Gasteiger partial charge in [-0.1, -0.05) is 58.9 Å². The van der Waals surface area contributed by atoms with Gasteiger partial charge in [0.2, 0.25) is 0 Å². The molecule has 0 spiro atoms. The number of aliphatic hydroxyl groups is 1. The minimum absolute atomic E-state index is 0.163. The first kappa shape index (κ1) is 23.8. The Morgan fingerprint density at radius 1 is 1.19 bits per heavy atom. The third-order valence-corrected chi connectivity index (χ3v) is 9.67. The maximum Gasteiger partial charge on any atom is 0.302 e. The lowest BCUT2D eigenvalue weighted by Crippen LogP contribution is -2.56. The van der Waals surface area contributed by atoms with E-state index in [0.29, 0.717) is 41.9 Å². The molecule has 0 aromatic heterocycles. The van der Waals surface area contributed by atoms with Crippen LogP contribution in [0.25, 0.3) is 0 Å². The Kier molecular flexibility index (Phi) is 6.29. The van der Waals surface area contributed by atoms with Crippen molar-refractivity contribution in [3.63, 3.8) is 0 Å². The maximum atomic E-state index is 11.8. The Labute approximate surface area is 195 Å². The zero-order valence-electron chi connectivity index (χ0n) is 21.1. The molecular formula is C29H44O3. The number of hydrogen-bond acceptors (Lipinski definition) is 3. The maximum absolute atomic E-state index is 11.8. The number of carbonyl (C=O) groups is 1. The van der Waals surface area contributed by atoms with Crippen molar-refractivity contribution in [2.24, 2.45) is 34.5 Å². The molecule has 0 saturated heterocycles. The molecule has 1 N–H and O–H groups in total. The van der Waals surface area contributed by atoms with Crippen LogP contribution in [0.15, 0.2) is 35.5 Å². The average Bonchev–Trinajstić information content (AvgIpc) is 3.05. The minimum atomic E-state index is -0.820. The van der Waals surface area contributed by atoms with Crippen molar-refractivity contribution in [1.82, 2.24) is 0 Å². The first-order valence-corrected chi connectivity index (χ1v) is 13.0. The van der Waals surface area contributed by atoms with Gasteiger partial charge in [0.25, 0.3) is 0 Å². The van der Waals surface area contributed by atoms with Crippen LogP contribution in [0, 0.1) is 34.5 Å². The molecule has 0 aromatic rings. The molecule has 2 saturated carbocycles. The number of esters is 1. The first-order valence-electron chi connectivity index (χ1n) is 13.0. The van der Waals surface area contributed by atoms with Gasteiger partial charge in [-0.15, -0.1) is 0 Å². The van der Waals surface area contributed by atoms with Gasteiger partial charge in [0.15, 0.2) is 0 Å². The van der Waals surface area contributed by atoms with Gasteiger partial charge in [-0.05, 0) is 85.2 Å². The monoisotopic (exact) mass is 440 g/mol. The molecule has 7 atom stereocenters. The fourth-order valence-corrected chi connectivity index (χ4v) is 7.75. The fraction of sp³-hybridized carbons (Fsp3) is 0.759. The van der Waals surface area contributed by atoms with E-state index in [9.17, 15) is 9.90 Å². The molecule has 32 heavy (non-hydrogen) atoms. The average molecular weight is 441 g/mol. The molecule has 4 aliphatic carbocycles. The Morgan fingerprint density at radius 2 is 1.94 bits per heavy atom. The molecule has 0 aliphatic heterocycles. The minimum Gasteiger partial charge on any atom is -0.462 e. The standard InChI is InChI=1S/C29H44O3/c1-19(2)8-7-9-20(3)24-10-11-25-23-13-17-29(31)18-22(32-21(4)30)12-16-28(29,6)26(23)14-15-27(24,25)5/h7,9,13-14,19-20,22,24-25,31H,8,10-12,15-18H2,1-6H3/b9-7+/t20-,22-,24+,25+,27+,28-,29-/m1/s1.